The lowest BCUT2D eigenvalue weighted by Crippen LogP contribution is -2.04. The Bertz CT molecular complexity index is 1030. The van der Waals surface area contributed by atoms with E-state index in [1.54, 1.807) is 35.2 Å². The van der Waals surface area contributed by atoms with Gasteiger partial charge in [0.2, 0.25) is 5.78 Å². The number of fused-ring (bicyclic) bond motifs is 1. The van der Waals surface area contributed by atoms with Crippen LogP contribution in [0.1, 0.15) is 16.1 Å². The third-order valence-electron chi connectivity index (χ3n) is 3.56. The molecule has 4 heterocycles. The van der Waals surface area contributed by atoms with E-state index in [1.165, 1.54) is 12.4 Å². The first kappa shape index (κ1) is 14.5. The third-order valence-corrected chi connectivity index (χ3v) is 3.79. The number of ketones is 1. The number of carbonyl (C=O) groups excluding carboxylic acids is 1. The van der Waals surface area contributed by atoms with E-state index >= 15 is 0 Å². The molecular weight excluding hydrogens is 326 g/mol. The number of hydrogen-bond acceptors (Lipinski definition) is 5. The van der Waals surface area contributed by atoms with E-state index < -0.39 is 0 Å². The van der Waals surface area contributed by atoms with Crippen LogP contribution in [0, 0.1) is 0 Å². The van der Waals surface area contributed by atoms with Crippen molar-refractivity contribution in [2.75, 3.05) is 0 Å². The molecule has 7 heteroatoms. The zero-order valence-corrected chi connectivity index (χ0v) is 13.1. The van der Waals surface area contributed by atoms with Crippen LogP contribution in [0.25, 0.3) is 16.9 Å². The summed E-state index contributed by atoms with van der Waals surface area (Å²) >= 11 is 5.82. The maximum atomic E-state index is 12.7. The van der Waals surface area contributed by atoms with Gasteiger partial charge in [0.15, 0.2) is 5.65 Å². The second-order valence-electron chi connectivity index (χ2n) is 5.06. The van der Waals surface area contributed by atoms with Crippen molar-refractivity contribution in [3.8, 4) is 11.3 Å². The summed E-state index contributed by atoms with van der Waals surface area (Å²) in [5, 5.41) is 4.79. The molecule has 4 rings (SSSR count). The molecule has 0 spiro atoms. The molecule has 6 nitrogen and oxygen atoms in total. The molecule has 0 aromatic carbocycles. The van der Waals surface area contributed by atoms with Gasteiger partial charge in [0.05, 0.1) is 22.5 Å². The maximum absolute atomic E-state index is 12.7. The Kier molecular flexibility index (Phi) is 3.51. The molecule has 0 aliphatic rings. The van der Waals surface area contributed by atoms with Crippen molar-refractivity contribution in [3.05, 3.63) is 77.6 Å². The molecule has 0 aliphatic carbocycles. The van der Waals surface area contributed by atoms with Gasteiger partial charge in [-0.2, -0.15) is 5.10 Å². The lowest BCUT2D eigenvalue weighted by molar-refractivity contribution is 0.103. The fourth-order valence-corrected chi connectivity index (χ4v) is 2.54. The van der Waals surface area contributed by atoms with Crippen LogP contribution in [0.3, 0.4) is 0 Å². The van der Waals surface area contributed by atoms with Gasteiger partial charge in [0.1, 0.15) is 5.69 Å². The Labute approximate surface area is 141 Å². The van der Waals surface area contributed by atoms with Crippen LogP contribution in [-0.4, -0.2) is 30.3 Å². The van der Waals surface area contributed by atoms with Gasteiger partial charge in [-0.1, -0.05) is 11.6 Å². The Morgan fingerprint density at radius 1 is 1.00 bits per heavy atom. The van der Waals surface area contributed by atoms with E-state index in [0.29, 0.717) is 21.9 Å². The SMILES string of the molecule is O=C(c1ccc(Cl)cn1)c1cnn2c(-c3cccnc3)ccnc12. The minimum atomic E-state index is -0.252. The van der Waals surface area contributed by atoms with Gasteiger partial charge < -0.3 is 0 Å². The molecule has 0 N–H and O–H groups in total. The zero-order valence-electron chi connectivity index (χ0n) is 12.3. The topological polar surface area (TPSA) is 73.0 Å². The van der Waals surface area contributed by atoms with E-state index in [2.05, 4.69) is 20.1 Å². The van der Waals surface area contributed by atoms with Crippen molar-refractivity contribution in [3.63, 3.8) is 0 Å². The lowest BCUT2D eigenvalue weighted by atomic mass is 10.1. The van der Waals surface area contributed by atoms with E-state index in [9.17, 15) is 4.79 Å². The lowest BCUT2D eigenvalue weighted by Gasteiger charge is -2.04. The highest BCUT2D eigenvalue weighted by Gasteiger charge is 2.18. The Morgan fingerprint density at radius 2 is 1.92 bits per heavy atom. The highest BCUT2D eigenvalue weighted by Crippen LogP contribution is 2.21. The molecule has 4 aromatic heterocycles. The van der Waals surface area contributed by atoms with Crippen LogP contribution < -0.4 is 0 Å². The standard InChI is InChI=1S/C17H10ClN5O/c18-12-3-4-14(21-9-12)16(24)13-10-22-23-15(5-7-20-17(13)23)11-2-1-6-19-8-11/h1-10H. The third kappa shape index (κ3) is 2.43. The van der Waals surface area contributed by atoms with Crippen LogP contribution >= 0.6 is 11.6 Å². The Morgan fingerprint density at radius 3 is 2.67 bits per heavy atom. The minimum absolute atomic E-state index is 0.252. The monoisotopic (exact) mass is 335 g/mol. The molecule has 0 saturated carbocycles. The molecule has 0 bridgehead atoms. The smallest absolute Gasteiger partial charge is 0.216 e. The van der Waals surface area contributed by atoms with E-state index in [1.807, 2.05) is 18.2 Å². The number of carbonyl (C=O) groups is 1. The van der Waals surface area contributed by atoms with Crippen LogP contribution in [-0.2, 0) is 0 Å². The summed E-state index contributed by atoms with van der Waals surface area (Å²) in [6, 6.07) is 8.80. The van der Waals surface area contributed by atoms with Gasteiger partial charge in [-0.25, -0.2) is 9.50 Å². The zero-order chi connectivity index (χ0) is 16.5. The van der Waals surface area contributed by atoms with Crippen LogP contribution in [0.15, 0.2) is 61.3 Å². The molecule has 24 heavy (non-hydrogen) atoms. The highest BCUT2D eigenvalue weighted by atomic mass is 35.5. The predicted molar refractivity (Wildman–Crippen MR) is 88.9 cm³/mol. The normalized spacial score (nSPS) is 10.9. The van der Waals surface area contributed by atoms with Crippen molar-refractivity contribution in [1.29, 1.82) is 0 Å². The summed E-state index contributed by atoms with van der Waals surface area (Å²) in [5.74, 6) is -0.252. The second kappa shape index (κ2) is 5.82. The van der Waals surface area contributed by atoms with Crippen LogP contribution in [0.2, 0.25) is 5.02 Å². The number of hydrogen-bond donors (Lipinski definition) is 0. The fourth-order valence-electron chi connectivity index (χ4n) is 2.43. The van der Waals surface area contributed by atoms with Crippen molar-refractivity contribution in [2.24, 2.45) is 0 Å². The van der Waals surface area contributed by atoms with Gasteiger partial charge in [0.25, 0.3) is 0 Å². The van der Waals surface area contributed by atoms with Crippen molar-refractivity contribution in [2.45, 2.75) is 0 Å². The molecule has 0 saturated heterocycles. The number of rotatable bonds is 3. The minimum Gasteiger partial charge on any atom is -0.287 e. The largest absolute Gasteiger partial charge is 0.287 e. The van der Waals surface area contributed by atoms with Gasteiger partial charge in [-0.3, -0.25) is 14.8 Å². The van der Waals surface area contributed by atoms with Gasteiger partial charge >= 0.3 is 0 Å². The molecule has 0 unspecified atom stereocenters. The van der Waals surface area contributed by atoms with Crippen LogP contribution in [0.5, 0.6) is 0 Å². The second-order valence-corrected chi connectivity index (χ2v) is 5.49. The predicted octanol–water partition coefficient (Wildman–Crippen LogP) is 3.07. The number of aromatic nitrogens is 5. The Balaban J connectivity index is 1.84. The first-order valence-corrected chi connectivity index (χ1v) is 7.51. The average molecular weight is 336 g/mol. The molecule has 0 atom stereocenters. The van der Waals surface area contributed by atoms with Crippen molar-refractivity contribution in [1.82, 2.24) is 24.6 Å². The highest BCUT2D eigenvalue weighted by molar-refractivity contribution is 6.30. The summed E-state index contributed by atoms with van der Waals surface area (Å²) < 4.78 is 1.63. The molecule has 116 valence electrons. The van der Waals surface area contributed by atoms with Gasteiger partial charge in [0, 0.05) is 30.4 Å². The summed E-state index contributed by atoms with van der Waals surface area (Å²) in [4.78, 5) is 25.1. The van der Waals surface area contributed by atoms with Crippen molar-refractivity contribution < 1.29 is 4.79 Å². The summed E-state index contributed by atoms with van der Waals surface area (Å²) in [6.45, 7) is 0. The first-order valence-electron chi connectivity index (χ1n) is 7.13. The van der Waals surface area contributed by atoms with E-state index in [-0.39, 0.29) is 5.78 Å². The number of halogens is 1. The Hall–Kier alpha value is -3.12. The number of nitrogens with zero attached hydrogens (tertiary/aromatic N) is 5. The number of pyridine rings is 2. The summed E-state index contributed by atoms with van der Waals surface area (Å²) in [6.07, 6.45) is 8.02. The molecule has 0 amide bonds. The van der Waals surface area contributed by atoms with Gasteiger partial charge in [-0.15, -0.1) is 0 Å². The molecule has 4 aromatic rings. The van der Waals surface area contributed by atoms with Crippen molar-refractivity contribution >= 4 is 23.0 Å². The maximum Gasteiger partial charge on any atom is 0.216 e. The van der Waals surface area contributed by atoms with E-state index in [0.717, 1.165) is 11.3 Å². The van der Waals surface area contributed by atoms with Crippen LogP contribution in [0.4, 0.5) is 0 Å². The molecule has 0 aliphatic heterocycles. The summed E-state index contributed by atoms with van der Waals surface area (Å²) in [5.41, 5.74) is 2.84. The molecule has 0 fully saturated rings. The average Bonchev–Trinajstić information content (AvgIpc) is 3.06. The fraction of sp³-hybridized carbons (Fsp3) is 0. The first-order chi connectivity index (χ1) is 11.7. The summed E-state index contributed by atoms with van der Waals surface area (Å²) in [7, 11) is 0. The molecular formula is C17H10ClN5O. The van der Waals surface area contributed by atoms with Gasteiger partial charge in [-0.05, 0) is 30.3 Å². The quantitative estimate of drug-likeness (QED) is 0.538. The van der Waals surface area contributed by atoms with E-state index in [4.69, 9.17) is 11.6 Å². The molecule has 0 radical (unpaired) electrons.